The first-order valence-electron chi connectivity index (χ1n) is 9.24. The second-order valence-electron chi connectivity index (χ2n) is 7.54. The highest BCUT2D eigenvalue weighted by molar-refractivity contribution is 4.86. The largest absolute Gasteiger partial charge is 0.361 e. The van der Waals surface area contributed by atoms with Crippen LogP contribution in [0.3, 0.4) is 0 Å². The molecule has 22 heavy (non-hydrogen) atoms. The van der Waals surface area contributed by atoms with Gasteiger partial charge in [-0.2, -0.15) is 0 Å². The van der Waals surface area contributed by atoms with Crippen LogP contribution in [0.4, 0.5) is 0 Å². The SMILES string of the molecule is CCC1COC(C(C)C)N1CCN1C(CC)COC1C(C)C. The summed E-state index contributed by atoms with van der Waals surface area (Å²) in [5.41, 5.74) is 0. The Bertz CT molecular complexity index is 303. The predicted octanol–water partition coefficient (Wildman–Crippen LogP) is 3.17. The van der Waals surface area contributed by atoms with Crippen molar-refractivity contribution in [3.8, 4) is 0 Å². The van der Waals surface area contributed by atoms with Crippen molar-refractivity contribution in [2.45, 2.75) is 78.9 Å². The van der Waals surface area contributed by atoms with Gasteiger partial charge >= 0.3 is 0 Å². The number of rotatable bonds is 7. The summed E-state index contributed by atoms with van der Waals surface area (Å²) in [6.45, 7) is 17.6. The van der Waals surface area contributed by atoms with Crippen molar-refractivity contribution in [3.05, 3.63) is 0 Å². The summed E-state index contributed by atoms with van der Waals surface area (Å²) >= 11 is 0. The van der Waals surface area contributed by atoms with Crippen LogP contribution in [-0.2, 0) is 9.47 Å². The number of ether oxygens (including phenoxy) is 2. The lowest BCUT2D eigenvalue weighted by molar-refractivity contribution is -0.0308. The summed E-state index contributed by atoms with van der Waals surface area (Å²) in [6.07, 6.45) is 2.91. The highest BCUT2D eigenvalue weighted by Gasteiger charge is 2.38. The van der Waals surface area contributed by atoms with E-state index in [0.717, 1.165) is 26.3 Å². The molecule has 0 aromatic carbocycles. The normalized spacial score (nSPS) is 34.4. The van der Waals surface area contributed by atoms with Crippen LogP contribution in [-0.4, -0.2) is 60.6 Å². The lowest BCUT2D eigenvalue weighted by Crippen LogP contribution is -2.48. The van der Waals surface area contributed by atoms with Crippen LogP contribution >= 0.6 is 0 Å². The first-order valence-corrected chi connectivity index (χ1v) is 9.24. The molecular weight excluding hydrogens is 276 g/mol. The van der Waals surface area contributed by atoms with E-state index in [2.05, 4.69) is 51.3 Å². The molecule has 2 aliphatic rings. The van der Waals surface area contributed by atoms with Crippen LogP contribution in [0.1, 0.15) is 54.4 Å². The van der Waals surface area contributed by atoms with Gasteiger partial charge in [-0.1, -0.05) is 41.5 Å². The van der Waals surface area contributed by atoms with E-state index in [9.17, 15) is 0 Å². The molecule has 0 saturated carbocycles. The fourth-order valence-electron chi connectivity index (χ4n) is 3.92. The van der Waals surface area contributed by atoms with Crippen LogP contribution in [0.5, 0.6) is 0 Å². The molecule has 0 aliphatic carbocycles. The van der Waals surface area contributed by atoms with Crippen molar-refractivity contribution >= 4 is 0 Å². The van der Waals surface area contributed by atoms with Gasteiger partial charge in [0.25, 0.3) is 0 Å². The fourth-order valence-corrected chi connectivity index (χ4v) is 3.92. The molecule has 2 fully saturated rings. The first kappa shape index (κ1) is 18.2. The molecule has 130 valence electrons. The molecule has 0 spiro atoms. The second kappa shape index (κ2) is 8.09. The van der Waals surface area contributed by atoms with Crippen LogP contribution in [0.15, 0.2) is 0 Å². The van der Waals surface area contributed by atoms with E-state index >= 15 is 0 Å². The summed E-state index contributed by atoms with van der Waals surface area (Å²) in [5.74, 6) is 1.10. The highest BCUT2D eigenvalue weighted by atomic mass is 16.5. The summed E-state index contributed by atoms with van der Waals surface area (Å²) in [6, 6.07) is 1.15. The van der Waals surface area contributed by atoms with Gasteiger partial charge in [-0.15, -0.1) is 0 Å². The van der Waals surface area contributed by atoms with E-state index in [1.54, 1.807) is 0 Å². The van der Waals surface area contributed by atoms with Gasteiger partial charge in [0.2, 0.25) is 0 Å². The van der Waals surface area contributed by atoms with Crippen LogP contribution in [0.2, 0.25) is 0 Å². The van der Waals surface area contributed by atoms with Gasteiger partial charge in [-0.3, -0.25) is 9.80 Å². The molecule has 0 aromatic heterocycles. The Morgan fingerprint density at radius 2 is 1.14 bits per heavy atom. The molecule has 0 aromatic rings. The van der Waals surface area contributed by atoms with E-state index in [0.29, 0.717) is 23.9 Å². The average Bonchev–Trinajstić information content (AvgIpc) is 3.07. The van der Waals surface area contributed by atoms with Gasteiger partial charge in [0, 0.05) is 25.2 Å². The summed E-state index contributed by atoms with van der Waals surface area (Å²) < 4.78 is 12.1. The molecule has 4 atom stereocenters. The van der Waals surface area contributed by atoms with Crippen molar-refractivity contribution in [3.63, 3.8) is 0 Å². The lowest BCUT2D eigenvalue weighted by Gasteiger charge is -2.35. The van der Waals surface area contributed by atoms with Crippen molar-refractivity contribution in [2.24, 2.45) is 11.8 Å². The Morgan fingerprint density at radius 1 is 0.773 bits per heavy atom. The van der Waals surface area contributed by atoms with Crippen molar-refractivity contribution in [2.75, 3.05) is 26.3 Å². The third kappa shape index (κ3) is 3.84. The van der Waals surface area contributed by atoms with Gasteiger partial charge < -0.3 is 9.47 Å². The minimum atomic E-state index is 0.283. The number of hydrogen-bond acceptors (Lipinski definition) is 4. The van der Waals surface area contributed by atoms with E-state index in [-0.39, 0.29) is 12.5 Å². The van der Waals surface area contributed by atoms with Crippen LogP contribution < -0.4 is 0 Å². The Labute approximate surface area is 137 Å². The molecular formula is C18H36N2O2. The predicted molar refractivity (Wildman–Crippen MR) is 90.7 cm³/mol. The third-order valence-electron chi connectivity index (χ3n) is 5.21. The Balaban J connectivity index is 1.99. The molecule has 2 rings (SSSR count). The molecule has 2 saturated heterocycles. The quantitative estimate of drug-likeness (QED) is 0.721. The summed E-state index contributed by atoms with van der Waals surface area (Å²) in [5, 5.41) is 0. The lowest BCUT2D eigenvalue weighted by atomic mass is 10.1. The zero-order chi connectivity index (χ0) is 16.3. The molecule has 0 amide bonds. The van der Waals surface area contributed by atoms with Crippen LogP contribution in [0.25, 0.3) is 0 Å². The number of nitrogens with zero attached hydrogens (tertiary/aromatic N) is 2. The molecule has 2 heterocycles. The highest BCUT2D eigenvalue weighted by Crippen LogP contribution is 2.28. The average molecular weight is 312 g/mol. The number of hydrogen-bond donors (Lipinski definition) is 0. The molecule has 0 bridgehead atoms. The molecule has 2 aliphatic heterocycles. The topological polar surface area (TPSA) is 24.9 Å². The van der Waals surface area contributed by atoms with Gasteiger partial charge in [0.15, 0.2) is 0 Å². The van der Waals surface area contributed by atoms with Crippen LogP contribution in [0, 0.1) is 11.8 Å². The van der Waals surface area contributed by atoms with E-state index in [1.807, 2.05) is 0 Å². The summed E-state index contributed by atoms with van der Waals surface area (Å²) in [7, 11) is 0. The van der Waals surface area contributed by atoms with Crippen molar-refractivity contribution in [1.82, 2.24) is 9.80 Å². The molecule has 0 radical (unpaired) electrons. The van der Waals surface area contributed by atoms with Gasteiger partial charge in [-0.05, 0) is 24.7 Å². The standard InChI is InChI=1S/C18H36N2O2/c1-7-15-11-21-17(13(3)4)19(15)9-10-20-16(8-2)12-22-18(20)14(5)6/h13-18H,7-12H2,1-6H3. The zero-order valence-electron chi connectivity index (χ0n) is 15.4. The maximum Gasteiger partial charge on any atom is 0.113 e. The maximum atomic E-state index is 6.05. The fraction of sp³-hybridized carbons (Fsp3) is 1.00. The van der Waals surface area contributed by atoms with Crippen molar-refractivity contribution < 1.29 is 9.47 Å². The molecule has 0 N–H and O–H groups in total. The van der Waals surface area contributed by atoms with Gasteiger partial charge in [0.1, 0.15) is 12.5 Å². The first-order chi connectivity index (χ1) is 10.5. The van der Waals surface area contributed by atoms with E-state index in [4.69, 9.17) is 9.47 Å². The second-order valence-corrected chi connectivity index (χ2v) is 7.54. The van der Waals surface area contributed by atoms with E-state index in [1.165, 1.54) is 12.8 Å². The third-order valence-corrected chi connectivity index (χ3v) is 5.21. The minimum absolute atomic E-state index is 0.283. The zero-order valence-corrected chi connectivity index (χ0v) is 15.4. The molecule has 4 heteroatoms. The Kier molecular flexibility index (Phi) is 6.69. The van der Waals surface area contributed by atoms with Gasteiger partial charge in [-0.25, -0.2) is 0 Å². The Hall–Kier alpha value is -0.160. The monoisotopic (exact) mass is 312 g/mol. The molecule has 4 unspecified atom stereocenters. The Morgan fingerprint density at radius 3 is 1.41 bits per heavy atom. The van der Waals surface area contributed by atoms with E-state index < -0.39 is 0 Å². The molecule has 4 nitrogen and oxygen atoms in total. The minimum Gasteiger partial charge on any atom is -0.361 e. The van der Waals surface area contributed by atoms with Crippen molar-refractivity contribution in [1.29, 1.82) is 0 Å². The summed E-state index contributed by atoms with van der Waals surface area (Å²) in [4.78, 5) is 5.18. The maximum absolute atomic E-state index is 6.05. The smallest absolute Gasteiger partial charge is 0.113 e. The van der Waals surface area contributed by atoms with Gasteiger partial charge in [0.05, 0.1) is 13.2 Å².